The van der Waals surface area contributed by atoms with Crippen molar-refractivity contribution in [1.29, 1.82) is 0 Å². The van der Waals surface area contributed by atoms with Crippen LogP contribution < -0.4 is 20.1 Å². The van der Waals surface area contributed by atoms with Crippen molar-refractivity contribution in [2.24, 2.45) is 0 Å². The highest BCUT2D eigenvalue weighted by Gasteiger charge is 2.29. The van der Waals surface area contributed by atoms with Crippen LogP contribution in [0.15, 0.2) is 48.7 Å². The summed E-state index contributed by atoms with van der Waals surface area (Å²) in [7, 11) is 0. The zero-order valence-corrected chi connectivity index (χ0v) is 20.5. The second kappa shape index (κ2) is 11.1. The first-order valence-corrected chi connectivity index (χ1v) is 12.5. The highest BCUT2D eigenvalue weighted by molar-refractivity contribution is 6.06. The number of carbonyl (C=O) groups excluding carboxylic acids is 2. The van der Waals surface area contributed by atoms with Gasteiger partial charge in [0.25, 0.3) is 5.91 Å². The van der Waals surface area contributed by atoms with Gasteiger partial charge in [-0.05, 0) is 55.8 Å². The lowest BCUT2D eigenvalue weighted by atomic mass is 10.1. The quantitative estimate of drug-likeness (QED) is 0.533. The largest absolute Gasteiger partial charge is 0.487 e. The number of anilines is 1. The van der Waals surface area contributed by atoms with Gasteiger partial charge in [0.15, 0.2) is 11.5 Å². The number of aliphatic hydroxyl groups excluding tert-OH is 1. The van der Waals surface area contributed by atoms with E-state index in [4.69, 9.17) is 19.2 Å². The molecule has 1 fully saturated rings. The predicted octanol–water partition coefficient (Wildman–Crippen LogP) is 1.86. The number of nitrogens with one attached hydrogen (secondary N) is 2. The number of imidazole rings is 1. The summed E-state index contributed by atoms with van der Waals surface area (Å²) < 4.78 is 19.6. The highest BCUT2D eigenvalue weighted by atomic mass is 16.6. The van der Waals surface area contributed by atoms with Gasteiger partial charge in [-0.3, -0.25) is 14.9 Å². The fraction of sp³-hybridized carbons (Fsp3) is 0.423. The Bertz CT molecular complexity index is 1250. The number of nitrogens with zero attached hydrogens (tertiary/aromatic N) is 3. The number of benzene rings is 1. The smallest absolute Gasteiger partial charge is 0.257 e. The Morgan fingerprint density at radius 2 is 2.03 bits per heavy atom. The monoisotopic (exact) mass is 509 g/mol. The standard InChI is InChI=1S/C26H31N5O6/c1-2-22(33)30-10-4-3-5-18(16-30)31-23-19(6-7-20-24(23)37-14-12-35-11-13-36-20)28-26(31)29-25(34)17-8-9-27-21(32)15-17/h2,6-9,15,18,21,27,32H,1,3-5,10-14,16H2,(H,28,29,34)/t18-,21?/m1/s1. The molecule has 196 valence electrons. The summed E-state index contributed by atoms with van der Waals surface area (Å²) in [5.74, 6) is 0.874. The molecule has 0 spiro atoms. The van der Waals surface area contributed by atoms with Gasteiger partial charge in [-0.15, -0.1) is 0 Å². The maximum Gasteiger partial charge on any atom is 0.257 e. The van der Waals surface area contributed by atoms with Crippen molar-refractivity contribution >= 4 is 28.8 Å². The van der Waals surface area contributed by atoms with Crippen molar-refractivity contribution in [2.45, 2.75) is 31.5 Å². The number of aliphatic hydroxyl groups is 1. The number of rotatable bonds is 4. The van der Waals surface area contributed by atoms with Gasteiger partial charge in [-0.25, -0.2) is 4.98 Å². The number of aromatic nitrogens is 2. The summed E-state index contributed by atoms with van der Waals surface area (Å²) in [6.07, 6.45) is 7.43. The van der Waals surface area contributed by atoms with Crippen molar-refractivity contribution < 1.29 is 28.9 Å². The lowest BCUT2D eigenvalue weighted by Crippen LogP contribution is -2.34. The van der Waals surface area contributed by atoms with Crippen LogP contribution in [-0.4, -0.2) is 77.1 Å². The molecule has 1 unspecified atom stereocenters. The minimum absolute atomic E-state index is 0.135. The van der Waals surface area contributed by atoms with Crippen LogP contribution in [0.3, 0.4) is 0 Å². The number of dihydropyridines is 1. The highest BCUT2D eigenvalue weighted by Crippen LogP contribution is 2.41. The number of likely N-dealkylation sites (tertiary alicyclic amines) is 1. The van der Waals surface area contributed by atoms with Crippen LogP contribution in [0.1, 0.15) is 25.3 Å². The summed E-state index contributed by atoms with van der Waals surface area (Å²) in [6.45, 7) is 6.28. The van der Waals surface area contributed by atoms with Crippen molar-refractivity contribution in [2.75, 3.05) is 44.8 Å². The van der Waals surface area contributed by atoms with Crippen LogP contribution in [0.25, 0.3) is 11.0 Å². The third-order valence-corrected chi connectivity index (χ3v) is 6.58. The van der Waals surface area contributed by atoms with E-state index in [-0.39, 0.29) is 11.9 Å². The minimum atomic E-state index is -0.957. The van der Waals surface area contributed by atoms with E-state index >= 15 is 0 Å². The van der Waals surface area contributed by atoms with Crippen LogP contribution in [0.5, 0.6) is 11.5 Å². The Hall–Kier alpha value is -3.83. The molecule has 1 aromatic heterocycles. The van der Waals surface area contributed by atoms with Gasteiger partial charge in [0.05, 0.1) is 24.8 Å². The molecule has 0 saturated carbocycles. The van der Waals surface area contributed by atoms with Crippen LogP contribution >= 0.6 is 0 Å². The average molecular weight is 510 g/mol. The lowest BCUT2D eigenvalue weighted by Gasteiger charge is -2.26. The van der Waals surface area contributed by atoms with Gasteiger partial charge in [-0.1, -0.05) is 6.58 Å². The van der Waals surface area contributed by atoms with E-state index in [0.717, 1.165) is 19.3 Å². The molecule has 11 nitrogen and oxygen atoms in total. The molecule has 37 heavy (non-hydrogen) atoms. The molecule has 3 aliphatic rings. The van der Waals surface area contributed by atoms with E-state index in [9.17, 15) is 14.7 Å². The van der Waals surface area contributed by atoms with E-state index in [2.05, 4.69) is 17.2 Å². The summed E-state index contributed by atoms with van der Waals surface area (Å²) >= 11 is 0. The minimum Gasteiger partial charge on any atom is -0.487 e. The summed E-state index contributed by atoms with van der Waals surface area (Å²) in [4.78, 5) is 32.3. The van der Waals surface area contributed by atoms with Crippen LogP contribution in [0.4, 0.5) is 5.95 Å². The van der Waals surface area contributed by atoms with Crippen molar-refractivity contribution in [3.05, 3.63) is 48.7 Å². The Morgan fingerprint density at radius 3 is 2.84 bits per heavy atom. The molecule has 1 aromatic carbocycles. The fourth-order valence-electron chi connectivity index (χ4n) is 4.85. The van der Waals surface area contributed by atoms with E-state index < -0.39 is 12.1 Å². The van der Waals surface area contributed by atoms with E-state index in [1.165, 1.54) is 18.4 Å². The number of hydrogen-bond acceptors (Lipinski definition) is 8. The van der Waals surface area contributed by atoms with Gasteiger partial charge >= 0.3 is 0 Å². The third-order valence-electron chi connectivity index (χ3n) is 6.58. The number of amides is 2. The Kier molecular flexibility index (Phi) is 7.42. The molecule has 3 aliphatic heterocycles. The molecule has 3 N–H and O–H groups in total. The second-order valence-corrected chi connectivity index (χ2v) is 9.03. The summed E-state index contributed by atoms with van der Waals surface area (Å²) in [6, 6.07) is 3.45. The Morgan fingerprint density at radius 1 is 1.19 bits per heavy atom. The Labute approximate surface area is 214 Å². The third kappa shape index (κ3) is 5.32. The molecular weight excluding hydrogens is 478 g/mol. The van der Waals surface area contributed by atoms with E-state index in [1.807, 2.05) is 10.6 Å². The first-order valence-electron chi connectivity index (χ1n) is 12.5. The molecule has 5 rings (SSSR count). The van der Waals surface area contributed by atoms with Crippen LogP contribution in [-0.2, 0) is 14.3 Å². The molecule has 4 heterocycles. The maximum atomic E-state index is 13.2. The number of hydrogen-bond donors (Lipinski definition) is 3. The maximum absolute atomic E-state index is 13.2. The molecule has 0 bridgehead atoms. The van der Waals surface area contributed by atoms with Crippen LogP contribution in [0, 0.1) is 0 Å². The number of carbonyl (C=O) groups is 2. The Balaban J connectivity index is 1.61. The molecule has 2 aromatic rings. The average Bonchev–Trinajstić information content (AvgIpc) is 3.15. The lowest BCUT2D eigenvalue weighted by molar-refractivity contribution is -0.126. The molecular formula is C26H31N5O6. The number of fused-ring (bicyclic) bond motifs is 3. The second-order valence-electron chi connectivity index (χ2n) is 9.03. The van der Waals surface area contributed by atoms with Gasteiger partial charge in [0.2, 0.25) is 11.9 Å². The van der Waals surface area contributed by atoms with Gasteiger partial charge in [-0.2, -0.15) is 0 Å². The zero-order chi connectivity index (χ0) is 25.8. The molecule has 0 aliphatic carbocycles. The molecule has 1 saturated heterocycles. The first kappa shape index (κ1) is 24.8. The van der Waals surface area contributed by atoms with Gasteiger partial charge in [0.1, 0.15) is 25.0 Å². The van der Waals surface area contributed by atoms with Crippen molar-refractivity contribution in [3.63, 3.8) is 0 Å². The number of ether oxygens (including phenoxy) is 3. The topological polar surface area (TPSA) is 127 Å². The zero-order valence-electron chi connectivity index (χ0n) is 20.5. The van der Waals surface area contributed by atoms with E-state index in [0.29, 0.717) is 73.6 Å². The van der Waals surface area contributed by atoms with E-state index in [1.54, 1.807) is 17.0 Å². The summed E-state index contributed by atoms with van der Waals surface area (Å²) in [5.41, 5.74) is 1.61. The van der Waals surface area contributed by atoms with Crippen molar-refractivity contribution in [1.82, 2.24) is 19.8 Å². The molecule has 2 amide bonds. The van der Waals surface area contributed by atoms with Gasteiger partial charge in [0, 0.05) is 18.7 Å². The first-order chi connectivity index (χ1) is 18.0. The predicted molar refractivity (Wildman–Crippen MR) is 136 cm³/mol. The SMILES string of the molecule is C=CC(=O)N1CCCC[C@@H](n2c(NC(=O)C3=CC(O)NC=C3)nc3ccc4c(c32)OCCOCCO4)C1. The molecule has 11 heteroatoms. The summed E-state index contributed by atoms with van der Waals surface area (Å²) in [5, 5.41) is 15.5. The fourth-order valence-corrected chi connectivity index (χ4v) is 4.85. The normalized spacial score (nSPS) is 22.1. The molecule has 2 atom stereocenters. The van der Waals surface area contributed by atoms with Gasteiger partial charge < -0.3 is 34.1 Å². The van der Waals surface area contributed by atoms with Crippen molar-refractivity contribution in [3.8, 4) is 11.5 Å². The molecule has 0 radical (unpaired) electrons. The van der Waals surface area contributed by atoms with Crippen LogP contribution in [0.2, 0.25) is 0 Å².